The summed E-state index contributed by atoms with van der Waals surface area (Å²) >= 11 is 0. The van der Waals surface area contributed by atoms with Gasteiger partial charge in [0.05, 0.1) is 17.9 Å². The molecule has 3 rings (SSSR count). The second-order valence-corrected chi connectivity index (χ2v) is 6.77. The molecule has 0 saturated carbocycles. The van der Waals surface area contributed by atoms with E-state index < -0.39 is 5.82 Å². The fourth-order valence-corrected chi connectivity index (χ4v) is 2.72. The van der Waals surface area contributed by atoms with E-state index in [1.165, 1.54) is 22.6 Å². The van der Waals surface area contributed by atoms with Crippen molar-refractivity contribution < 1.29 is 9.18 Å². The first-order valence-corrected chi connectivity index (χ1v) is 9.15. The highest BCUT2D eigenvalue weighted by molar-refractivity contribution is 5.80. The quantitative estimate of drug-likeness (QED) is 0.626. The highest BCUT2D eigenvalue weighted by Crippen LogP contribution is 2.18. The van der Waals surface area contributed by atoms with Crippen LogP contribution in [0, 0.1) is 5.82 Å². The topological polar surface area (TPSA) is 84.7 Å². The molecule has 0 bridgehead atoms. The minimum Gasteiger partial charge on any atom is -0.374 e. The van der Waals surface area contributed by atoms with Crippen LogP contribution in [0.25, 0.3) is 5.69 Å². The van der Waals surface area contributed by atoms with Crippen LogP contribution in [0.4, 0.5) is 10.1 Å². The van der Waals surface area contributed by atoms with E-state index in [1.54, 1.807) is 12.1 Å². The van der Waals surface area contributed by atoms with Crippen LogP contribution >= 0.6 is 0 Å². The van der Waals surface area contributed by atoms with Crippen LogP contribution in [0.1, 0.15) is 30.9 Å². The van der Waals surface area contributed by atoms with Crippen molar-refractivity contribution in [1.82, 2.24) is 25.5 Å². The summed E-state index contributed by atoms with van der Waals surface area (Å²) in [7, 11) is 0. The summed E-state index contributed by atoms with van der Waals surface area (Å²) in [5.41, 5.74) is 3.27. The number of benzene rings is 2. The number of hydrogen-bond donors (Lipinski definition) is 2. The molecule has 0 aliphatic carbocycles. The summed E-state index contributed by atoms with van der Waals surface area (Å²) in [4.78, 5) is 12.0. The van der Waals surface area contributed by atoms with E-state index in [-0.39, 0.29) is 18.1 Å². The minimum absolute atomic E-state index is 0.0255. The maximum absolute atomic E-state index is 14.0. The molecule has 2 N–H and O–H groups in total. The molecule has 0 unspecified atom stereocenters. The fourth-order valence-electron chi connectivity index (χ4n) is 2.72. The highest BCUT2D eigenvalue weighted by Gasteiger charge is 2.08. The zero-order chi connectivity index (χ0) is 19.9. The summed E-state index contributed by atoms with van der Waals surface area (Å²) in [5.74, 6) is -0.152. The Morgan fingerprint density at radius 2 is 1.96 bits per heavy atom. The Morgan fingerprint density at radius 3 is 2.64 bits per heavy atom. The van der Waals surface area contributed by atoms with Gasteiger partial charge in [-0.3, -0.25) is 4.79 Å². The van der Waals surface area contributed by atoms with E-state index in [9.17, 15) is 9.18 Å². The van der Waals surface area contributed by atoms with Crippen LogP contribution in [0.15, 0.2) is 48.8 Å². The Labute approximate surface area is 163 Å². The van der Waals surface area contributed by atoms with Gasteiger partial charge in [-0.1, -0.05) is 38.1 Å². The number of amides is 1. The van der Waals surface area contributed by atoms with E-state index in [0.717, 1.165) is 12.0 Å². The third-order valence-electron chi connectivity index (χ3n) is 4.39. The molecule has 0 aliphatic rings. The lowest BCUT2D eigenvalue weighted by molar-refractivity contribution is -0.119. The van der Waals surface area contributed by atoms with E-state index in [4.69, 9.17) is 0 Å². The lowest BCUT2D eigenvalue weighted by Gasteiger charge is -2.10. The van der Waals surface area contributed by atoms with Gasteiger partial charge in [0, 0.05) is 6.54 Å². The van der Waals surface area contributed by atoms with Crippen molar-refractivity contribution in [2.45, 2.75) is 26.2 Å². The molecule has 7 nitrogen and oxygen atoms in total. The van der Waals surface area contributed by atoms with Gasteiger partial charge in [-0.25, -0.2) is 9.07 Å². The van der Waals surface area contributed by atoms with Crippen molar-refractivity contribution in [3.63, 3.8) is 0 Å². The number of hydrogen-bond acceptors (Lipinski definition) is 5. The minimum atomic E-state index is -0.449. The number of aromatic nitrogens is 4. The molecule has 1 aromatic heterocycles. The van der Waals surface area contributed by atoms with Crippen molar-refractivity contribution in [3.8, 4) is 5.69 Å². The number of tetrazole rings is 1. The first kappa shape index (κ1) is 19.5. The zero-order valence-corrected chi connectivity index (χ0v) is 15.9. The molecular formula is C20H23FN6O. The summed E-state index contributed by atoms with van der Waals surface area (Å²) in [6.45, 7) is 4.81. The van der Waals surface area contributed by atoms with E-state index in [1.807, 2.05) is 0 Å². The number of halogens is 1. The van der Waals surface area contributed by atoms with Gasteiger partial charge < -0.3 is 10.6 Å². The summed E-state index contributed by atoms with van der Waals surface area (Å²) in [6, 6.07) is 12.8. The molecule has 0 saturated heterocycles. The predicted octanol–water partition coefficient (Wildman–Crippen LogP) is 2.70. The van der Waals surface area contributed by atoms with E-state index in [2.05, 4.69) is 64.3 Å². The number of anilines is 1. The van der Waals surface area contributed by atoms with Crippen LogP contribution < -0.4 is 10.6 Å². The largest absolute Gasteiger partial charge is 0.374 e. The molecule has 0 radical (unpaired) electrons. The fraction of sp³-hybridized carbons (Fsp3) is 0.300. The van der Waals surface area contributed by atoms with Gasteiger partial charge in [0.2, 0.25) is 5.91 Å². The van der Waals surface area contributed by atoms with Crippen molar-refractivity contribution in [2.24, 2.45) is 0 Å². The lowest BCUT2D eigenvalue weighted by Crippen LogP contribution is -2.31. The van der Waals surface area contributed by atoms with E-state index in [0.29, 0.717) is 18.2 Å². The first-order chi connectivity index (χ1) is 13.5. The monoisotopic (exact) mass is 382 g/mol. The van der Waals surface area contributed by atoms with Crippen LogP contribution in [-0.4, -0.2) is 39.2 Å². The second-order valence-electron chi connectivity index (χ2n) is 6.77. The SMILES string of the molecule is CC(C)c1ccc(CCNC(=O)CNc2cc(-n3cnnn3)ccc2F)cc1. The maximum Gasteiger partial charge on any atom is 0.239 e. The van der Waals surface area contributed by atoms with Gasteiger partial charge in [0.15, 0.2) is 0 Å². The third-order valence-corrected chi connectivity index (χ3v) is 4.39. The van der Waals surface area contributed by atoms with Gasteiger partial charge >= 0.3 is 0 Å². The number of carbonyl (C=O) groups is 1. The van der Waals surface area contributed by atoms with Crippen LogP contribution in [0.2, 0.25) is 0 Å². The Kier molecular flexibility index (Phi) is 6.31. The summed E-state index contributed by atoms with van der Waals surface area (Å²) < 4.78 is 15.4. The van der Waals surface area contributed by atoms with Crippen molar-refractivity contribution in [3.05, 3.63) is 65.7 Å². The molecule has 0 aliphatic heterocycles. The Balaban J connectivity index is 1.47. The van der Waals surface area contributed by atoms with Gasteiger partial charge in [0.25, 0.3) is 0 Å². The van der Waals surface area contributed by atoms with Gasteiger partial charge in [-0.2, -0.15) is 0 Å². The highest BCUT2D eigenvalue weighted by atomic mass is 19.1. The smallest absolute Gasteiger partial charge is 0.239 e. The third kappa shape index (κ3) is 5.12. The molecular weight excluding hydrogens is 359 g/mol. The average molecular weight is 382 g/mol. The molecule has 3 aromatic rings. The molecule has 8 heteroatoms. The Bertz CT molecular complexity index is 909. The Hall–Kier alpha value is -3.29. The standard InChI is InChI=1S/C20H23FN6O/c1-14(2)16-5-3-15(4-6-16)9-10-22-20(28)12-23-19-11-17(7-8-18(19)21)27-13-24-25-26-27/h3-8,11,13-14,23H,9-10,12H2,1-2H3,(H,22,28). The molecule has 1 heterocycles. The van der Waals surface area contributed by atoms with Crippen LogP contribution in [0.5, 0.6) is 0 Å². The van der Waals surface area contributed by atoms with Gasteiger partial charge in [0.1, 0.15) is 12.1 Å². The van der Waals surface area contributed by atoms with E-state index >= 15 is 0 Å². The van der Waals surface area contributed by atoms with Crippen LogP contribution in [-0.2, 0) is 11.2 Å². The van der Waals surface area contributed by atoms with Crippen LogP contribution in [0.3, 0.4) is 0 Å². The number of carbonyl (C=O) groups excluding carboxylic acids is 1. The first-order valence-electron chi connectivity index (χ1n) is 9.15. The molecule has 0 atom stereocenters. The van der Waals surface area contributed by atoms with Gasteiger partial charge in [-0.05, 0) is 52.1 Å². The lowest BCUT2D eigenvalue weighted by atomic mass is 10.0. The normalized spacial score (nSPS) is 10.9. The summed E-state index contributed by atoms with van der Waals surface area (Å²) in [6.07, 6.45) is 2.16. The maximum atomic E-state index is 14.0. The average Bonchev–Trinajstić information content (AvgIpc) is 3.22. The van der Waals surface area contributed by atoms with Crippen molar-refractivity contribution in [2.75, 3.05) is 18.4 Å². The second kappa shape index (κ2) is 9.07. The number of rotatable bonds is 8. The molecule has 2 aromatic carbocycles. The van der Waals surface area contributed by atoms with Crippen molar-refractivity contribution in [1.29, 1.82) is 0 Å². The zero-order valence-electron chi connectivity index (χ0n) is 15.9. The summed E-state index contributed by atoms with van der Waals surface area (Å²) in [5, 5.41) is 16.5. The number of nitrogens with one attached hydrogen (secondary N) is 2. The number of nitrogens with zero attached hydrogens (tertiary/aromatic N) is 4. The predicted molar refractivity (Wildman–Crippen MR) is 105 cm³/mol. The molecule has 0 fully saturated rings. The Morgan fingerprint density at radius 1 is 1.18 bits per heavy atom. The van der Waals surface area contributed by atoms with Gasteiger partial charge in [-0.15, -0.1) is 5.10 Å². The molecule has 0 spiro atoms. The van der Waals surface area contributed by atoms with Crippen molar-refractivity contribution >= 4 is 11.6 Å². The molecule has 1 amide bonds. The molecule has 28 heavy (non-hydrogen) atoms. The molecule has 146 valence electrons.